The summed E-state index contributed by atoms with van der Waals surface area (Å²) in [7, 11) is 1.80. The summed E-state index contributed by atoms with van der Waals surface area (Å²) in [6, 6.07) is 7.53. The van der Waals surface area contributed by atoms with Crippen LogP contribution >= 0.6 is 15.9 Å². The highest BCUT2D eigenvalue weighted by atomic mass is 79.9. The molecule has 1 aromatic heterocycles. The first kappa shape index (κ1) is 11.9. The fourth-order valence-corrected chi connectivity index (χ4v) is 1.58. The van der Waals surface area contributed by atoms with Crippen molar-refractivity contribution in [2.45, 2.75) is 6.92 Å². The van der Waals surface area contributed by atoms with Gasteiger partial charge >= 0.3 is 0 Å². The van der Waals surface area contributed by atoms with E-state index in [2.05, 4.69) is 31.2 Å². The third-order valence-electron chi connectivity index (χ3n) is 2.25. The molecule has 0 bridgehead atoms. The molecule has 5 heteroatoms. The topological polar surface area (TPSA) is 47.0 Å². The molecular weight excluding hydrogens is 282 g/mol. The van der Waals surface area contributed by atoms with E-state index in [0.717, 1.165) is 21.6 Å². The zero-order valence-corrected chi connectivity index (χ0v) is 11.2. The lowest BCUT2D eigenvalue weighted by molar-refractivity contribution is 0.461. The Morgan fingerprint density at radius 2 is 2.06 bits per heavy atom. The zero-order valence-electron chi connectivity index (χ0n) is 9.57. The van der Waals surface area contributed by atoms with E-state index >= 15 is 0 Å². The van der Waals surface area contributed by atoms with Crippen LogP contribution in [0.2, 0.25) is 0 Å². The Bertz CT molecular complexity index is 531. The van der Waals surface area contributed by atoms with Crippen molar-refractivity contribution in [3.8, 4) is 11.6 Å². The predicted octanol–water partition coefficient (Wildman–Crippen LogP) is 3.38. The van der Waals surface area contributed by atoms with Crippen molar-refractivity contribution in [1.82, 2.24) is 9.97 Å². The molecule has 0 unspecified atom stereocenters. The molecule has 0 spiro atoms. The van der Waals surface area contributed by atoms with Crippen molar-refractivity contribution < 1.29 is 4.74 Å². The van der Waals surface area contributed by atoms with Crippen LogP contribution < -0.4 is 10.1 Å². The number of hydrogen-bond acceptors (Lipinski definition) is 4. The summed E-state index contributed by atoms with van der Waals surface area (Å²) in [5.41, 5.74) is 1.12. The van der Waals surface area contributed by atoms with Gasteiger partial charge in [-0.25, -0.2) is 9.97 Å². The normalized spacial score (nSPS) is 10.1. The lowest BCUT2D eigenvalue weighted by atomic mass is 10.2. The van der Waals surface area contributed by atoms with E-state index in [4.69, 9.17) is 4.74 Å². The molecule has 0 radical (unpaired) electrons. The van der Waals surface area contributed by atoms with Gasteiger partial charge in [0.1, 0.15) is 17.9 Å². The van der Waals surface area contributed by atoms with Gasteiger partial charge in [-0.1, -0.05) is 15.9 Å². The van der Waals surface area contributed by atoms with Gasteiger partial charge < -0.3 is 10.1 Å². The van der Waals surface area contributed by atoms with Crippen LogP contribution in [0.15, 0.2) is 35.1 Å². The quantitative estimate of drug-likeness (QED) is 0.942. The number of benzene rings is 1. The minimum absolute atomic E-state index is 0.520. The van der Waals surface area contributed by atoms with Crippen molar-refractivity contribution in [2.75, 3.05) is 12.4 Å². The van der Waals surface area contributed by atoms with Crippen LogP contribution in [0.5, 0.6) is 11.6 Å². The third-order valence-corrected chi connectivity index (χ3v) is 3.14. The highest BCUT2D eigenvalue weighted by Crippen LogP contribution is 2.25. The number of halogens is 1. The van der Waals surface area contributed by atoms with Crippen molar-refractivity contribution in [3.05, 3.63) is 40.6 Å². The van der Waals surface area contributed by atoms with E-state index in [1.54, 1.807) is 13.1 Å². The smallest absolute Gasteiger partial charge is 0.224 e. The first-order valence-corrected chi connectivity index (χ1v) is 5.92. The number of aryl methyl sites for hydroxylation is 1. The van der Waals surface area contributed by atoms with Gasteiger partial charge in [-0.15, -0.1) is 0 Å². The van der Waals surface area contributed by atoms with Crippen LogP contribution in [-0.2, 0) is 0 Å². The third kappa shape index (κ3) is 2.94. The highest BCUT2D eigenvalue weighted by Gasteiger charge is 2.02. The molecule has 0 aliphatic rings. The predicted molar refractivity (Wildman–Crippen MR) is 70.5 cm³/mol. The molecule has 0 aliphatic heterocycles. The number of anilines is 1. The first-order chi connectivity index (χ1) is 8.19. The number of nitrogens with one attached hydrogen (secondary N) is 1. The molecule has 0 atom stereocenters. The Kier molecular flexibility index (Phi) is 3.58. The SMILES string of the molecule is CNc1cc(Oc2ccc(Br)c(C)c2)ncn1. The maximum absolute atomic E-state index is 5.64. The van der Waals surface area contributed by atoms with Crippen LogP contribution in [0.1, 0.15) is 5.56 Å². The second-order valence-electron chi connectivity index (χ2n) is 3.50. The Hall–Kier alpha value is -1.62. The van der Waals surface area contributed by atoms with Crippen LogP contribution in [0.3, 0.4) is 0 Å². The van der Waals surface area contributed by atoms with Crippen LogP contribution in [-0.4, -0.2) is 17.0 Å². The summed E-state index contributed by atoms with van der Waals surface area (Å²) in [5, 5.41) is 2.94. The van der Waals surface area contributed by atoms with Gasteiger partial charge in [-0.3, -0.25) is 0 Å². The highest BCUT2D eigenvalue weighted by molar-refractivity contribution is 9.10. The van der Waals surface area contributed by atoms with E-state index in [1.165, 1.54) is 6.33 Å². The van der Waals surface area contributed by atoms with Gasteiger partial charge in [0.2, 0.25) is 5.88 Å². The zero-order chi connectivity index (χ0) is 12.3. The van der Waals surface area contributed by atoms with Gasteiger partial charge in [-0.05, 0) is 30.7 Å². The van der Waals surface area contributed by atoms with Gasteiger partial charge in [0.15, 0.2) is 0 Å². The Balaban J connectivity index is 2.22. The molecule has 1 N–H and O–H groups in total. The minimum atomic E-state index is 0.520. The molecule has 0 saturated heterocycles. The average molecular weight is 294 g/mol. The van der Waals surface area contributed by atoms with E-state index in [0.29, 0.717) is 5.88 Å². The summed E-state index contributed by atoms with van der Waals surface area (Å²) in [6.45, 7) is 2.01. The van der Waals surface area contributed by atoms with Crippen molar-refractivity contribution in [3.63, 3.8) is 0 Å². The molecule has 0 amide bonds. The van der Waals surface area contributed by atoms with E-state index < -0.39 is 0 Å². The lowest BCUT2D eigenvalue weighted by Gasteiger charge is -2.07. The second-order valence-corrected chi connectivity index (χ2v) is 4.36. The lowest BCUT2D eigenvalue weighted by Crippen LogP contribution is -1.95. The van der Waals surface area contributed by atoms with Gasteiger partial charge in [0.05, 0.1) is 0 Å². The summed E-state index contributed by atoms with van der Waals surface area (Å²) in [4.78, 5) is 8.07. The Morgan fingerprint density at radius 3 is 2.76 bits per heavy atom. The first-order valence-electron chi connectivity index (χ1n) is 5.13. The van der Waals surface area contributed by atoms with Crippen molar-refractivity contribution >= 4 is 21.7 Å². The Labute approximate surface area is 108 Å². The number of aromatic nitrogens is 2. The largest absolute Gasteiger partial charge is 0.439 e. The summed E-state index contributed by atoms with van der Waals surface area (Å²) in [6.07, 6.45) is 1.47. The molecule has 17 heavy (non-hydrogen) atoms. The molecule has 0 saturated carbocycles. The molecule has 0 fully saturated rings. The summed E-state index contributed by atoms with van der Waals surface area (Å²) in [5.74, 6) is 2.00. The number of hydrogen-bond donors (Lipinski definition) is 1. The number of rotatable bonds is 3. The molecule has 4 nitrogen and oxygen atoms in total. The van der Waals surface area contributed by atoms with Gasteiger partial charge in [-0.2, -0.15) is 0 Å². The summed E-state index contributed by atoms with van der Waals surface area (Å²) >= 11 is 3.45. The molecule has 1 heterocycles. The standard InChI is InChI=1S/C12H12BrN3O/c1-8-5-9(3-4-10(8)13)17-12-6-11(14-2)15-7-16-12/h3-7H,1-2H3,(H,14,15,16). The van der Waals surface area contributed by atoms with Crippen molar-refractivity contribution in [1.29, 1.82) is 0 Å². The van der Waals surface area contributed by atoms with E-state index in [-0.39, 0.29) is 0 Å². The molecule has 2 aromatic rings. The second kappa shape index (κ2) is 5.14. The van der Waals surface area contributed by atoms with Crippen LogP contribution in [0, 0.1) is 6.92 Å². The van der Waals surface area contributed by atoms with E-state index in [9.17, 15) is 0 Å². The van der Waals surface area contributed by atoms with Crippen molar-refractivity contribution in [2.24, 2.45) is 0 Å². The fraction of sp³-hybridized carbons (Fsp3) is 0.167. The molecular formula is C12H12BrN3O. The van der Waals surface area contributed by atoms with Crippen LogP contribution in [0.4, 0.5) is 5.82 Å². The summed E-state index contributed by atoms with van der Waals surface area (Å²) < 4.78 is 6.70. The fourth-order valence-electron chi connectivity index (χ4n) is 1.33. The minimum Gasteiger partial charge on any atom is -0.439 e. The molecule has 1 aromatic carbocycles. The van der Waals surface area contributed by atoms with Gasteiger partial charge in [0, 0.05) is 17.6 Å². The van der Waals surface area contributed by atoms with E-state index in [1.807, 2.05) is 25.1 Å². The average Bonchev–Trinajstić information content (AvgIpc) is 2.34. The van der Waals surface area contributed by atoms with Crippen LogP contribution in [0.25, 0.3) is 0 Å². The molecule has 2 rings (SSSR count). The number of nitrogens with zero attached hydrogens (tertiary/aromatic N) is 2. The maximum atomic E-state index is 5.64. The maximum Gasteiger partial charge on any atom is 0.224 e. The molecule has 88 valence electrons. The Morgan fingerprint density at radius 1 is 1.24 bits per heavy atom. The number of ether oxygens (including phenoxy) is 1. The van der Waals surface area contributed by atoms with Gasteiger partial charge in [0.25, 0.3) is 0 Å². The molecule has 0 aliphatic carbocycles. The monoisotopic (exact) mass is 293 g/mol.